The first-order chi connectivity index (χ1) is 22.7. The number of esters is 1. The molecule has 11 nitrogen and oxygen atoms in total. The number of ether oxygens (including phenoxy) is 1. The van der Waals surface area contributed by atoms with Gasteiger partial charge < -0.3 is 20.6 Å². The number of carbonyl (C=O) groups is 3. The van der Waals surface area contributed by atoms with E-state index >= 15 is 0 Å². The molecule has 6 rings (SSSR count). The molecule has 2 amide bonds. The number of thioether (sulfide) groups is 1. The van der Waals surface area contributed by atoms with Crippen LogP contribution in [0.15, 0.2) is 80.8 Å². The summed E-state index contributed by atoms with van der Waals surface area (Å²) in [6, 6.07) is 17.4. The van der Waals surface area contributed by atoms with Gasteiger partial charge in [0.05, 0.1) is 11.7 Å². The largest absolute Gasteiger partial charge is 0.448 e. The molecule has 47 heavy (non-hydrogen) atoms. The standard InChI is InChI=1S/C32H29ClN6O5S3/c1-16-17(2)45-32(35-16)46-21-15-14-20-22(36-28(40)24(38-43-3)23-27(33)47-31(34)37-23)29(41)39(20)25(21)30(42)44-26(18-10-6-4-7-11-18)19-12-8-5-9-13-19/h4-13,20,22,26H,14-15H2,1-3H3,(H2,34,37)(H,36,40)/b38-24-/t20-,22+/m1/s1. The number of hydrogen-bond acceptors (Lipinski definition) is 12. The molecule has 2 aromatic carbocycles. The summed E-state index contributed by atoms with van der Waals surface area (Å²) in [7, 11) is 1.28. The third-order valence-corrected chi connectivity index (χ3v) is 11.1. The lowest BCUT2D eigenvalue weighted by Crippen LogP contribution is -2.72. The number of aromatic nitrogens is 2. The molecule has 4 aromatic rings. The Labute approximate surface area is 287 Å². The first kappa shape index (κ1) is 32.7. The van der Waals surface area contributed by atoms with Crippen molar-refractivity contribution in [1.29, 1.82) is 0 Å². The van der Waals surface area contributed by atoms with E-state index in [0.717, 1.165) is 37.4 Å². The molecule has 2 aliphatic rings. The summed E-state index contributed by atoms with van der Waals surface area (Å²) in [5.74, 6) is -1.83. The number of nitrogens with one attached hydrogen (secondary N) is 1. The lowest BCUT2D eigenvalue weighted by molar-refractivity contribution is -0.158. The Balaban J connectivity index is 1.31. The molecule has 0 spiro atoms. The van der Waals surface area contributed by atoms with Crippen molar-refractivity contribution >= 4 is 74.7 Å². The van der Waals surface area contributed by atoms with Crippen molar-refractivity contribution in [3.05, 3.63) is 103 Å². The van der Waals surface area contributed by atoms with Crippen molar-refractivity contribution in [3.8, 4) is 0 Å². The lowest BCUT2D eigenvalue weighted by Gasteiger charge is -2.50. The SMILES string of the molecule is CO/N=C(\C(=O)N[C@@H]1C(=O)N2C(C(=O)OC(c3ccccc3)c3ccccc3)=C(Sc3nc(C)c(C)s3)CC[C@H]12)c1nc(N)sc1Cl. The number of carbonyl (C=O) groups excluding carboxylic acids is 3. The monoisotopic (exact) mass is 708 g/mol. The number of halogens is 1. The van der Waals surface area contributed by atoms with Crippen LogP contribution in [0.5, 0.6) is 0 Å². The molecule has 0 bridgehead atoms. The number of thiazole rings is 2. The molecule has 2 aliphatic heterocycles. The van der Waals surface area contributed by atoms with Crippen LogP contribution in [0, 0.1) is 13.8 Å². The highest BCUT2D eigenvalue weighted by Gasteiger charge is 2.54. The van der Waals surface area contributed by atoms with Gasteiger partial charge in [0.15, 0.2) is 21.3 Å². The highest BCUT2D eigenvalue weighted by atomic mass is 35.5. The fourth-order valence-electron chi connectivity index (χ4n) is 5.41. The fourth-order valence-corrected chi connectivity index (χ4v) is 8.71. The minimum Gasteiger partial charge on any atom is -0.448 e. The van der Waals surface area contributed by atoms with Crippen LogP contribution in [0.3, 0.4) is 0 Å². The van der Waals surface area contributed by atoms with Crippen LogP contribution < -0.4 is 11.1 Å². The quantitative estimate of drug-likeness (QED) is 0.0926. The predicted octanol–water partition coefficient (Wildman–Crippen LogP) is 5.63. The summed E-state index contributed by atoms with van der Waals surface area (Å²) in [5, 5.41) is 6.69. The van der Waals surface area contributed by atoms with Gasteiger partial charge in [0, 0.05) is 9.78 Å². The Kier molecular flexibility index (Phi) is 9.64. The van der Waals surface area contributed by atoms with Gasteiger partial charge in [-0.3, -0.25) is 14.5 Å². The van der Waals surface area contributed by atoms with Gasteiger partial charge in [-0.15, -0.1) is 11.3 Å². The van der Waals surface area contributed by atoms with Gasteiger partial charge in [0.1, 0.15) is 28.9 Å². The summed E-state index contributed by atoms with van der Waals surface area (Å²) in [6.07, 6.45) is 0.229. The van der Waals surface area contributed by atoms with E-state index in [2.05, 4.69) is 20.4 Å². The van der Waals surface area contributed by atoms with Gasteiger partial charge in [-0.25, -0.2) is 14.8 Å². The molecule has 2 aromatic heterocycles. The molecule has 0 unspecified atom stereocenters. The van der Waals surface area contributed by atoms with Gasteiger partial charge in [-0.1, -0.05) is 101 Å². The molecule has 3 N–H and O–H groups in total. The number of fused-ring (bicyclic) bond motifs is 1. The highest BCUT2D eigenvalue weighted by Crippen LogP contribution is 2.45. The van der Waals surface area contributed by atoms with E-state index in [1.54, 1.807) is 0 Å². The summed E-state index contributed by atoms with van der Waals surface area (Å²) in [5.41, 5.74) is 8.21. The minimum absolute atomic E-state index is 0.0468. The number of allylic oxidation sites excluding steroid dienone is 1. The number of hydrogen-bond donors (Lipinski definition) is 2. The Morgan fingerprint density at radius 2 is 1.74 bits per heavy atom. The summed E-state index contributed by atoms with van der Waals surface area (Å²) in [4.78, 5) is 58.3. The maximum Gasteiger partial charge on any atom is 0.356 e. The maximum absolute atomic E-state index is 14.2. The Morgan fingerprint density at radius 3 is 2.30 bits per heavy atom. The number of amides is 2. The average molecular weight is 709 g/mol. The maximum atomic E-state index is 14.2. The van der Waals surface area contributed by atoms with Crippen molar-refractivity contribution in [1.82, 2.24) is 20.2 Å². The van der Waals surface area contributed by atoms with E-state index in [4.69, 9.17) is 26.9 Å². The van der Waals surface area contributed by atoms with Gasteiger partial charge in [-0.05, 0) is 37.8 Å². The zero-order valence-electron chi connectivity index (χ0n) is 25.4. The first-order valence-electron chi connectivity index (χ1n) is 14.5. The van der Waals surface area contributed by atoms with Crippen molar-refractivity contribution in [2.75, 3.05) is 12.8 Å². The first-order valence-corrected chi connectivity index (χ1v) is 17.3. The number of rotatable bonds is 10. The van der Waals surface area contributed by atoms with Gasteiger partial charge in [0.25, 0.3) is 11.8 Å². The fraction of sp³-hybridized carbons (Fsp3) is 0.250. The molecule has 242 valence electrons. The average Bonchev–Trinajstić information content (AvgIpc) is 3.58. The topological polar surface area (TPSA) is 149 Å². The Hall–Kier alpha value is -4.24. The number of nitrogens with zero attached hydrogens (tertiary/aromatic N) is 4. The normalized spacial score (nSPS) is 17.8. The molecule has 0 saturated carbocycles. The van der Waals surface area contributed by atoms with E-state index in [0.29, 0.717) is 17.7 Å². The number of oxime groups is 1. The number of anilines is 1. The summed E-state index contributed by atoms with van der Waals surface area (Å²) in [6.45, 7) is 3.92. The zero-order valence-corrected chi connectivity index (χ0v) is 28.6. The van der Waals surface area contributed by atoms with Crippen LogP contribution in [-0.2, 0) is 24.0 Å². The highest BCUT2D eigenvalue weighted by molar-refractivity contribution is 8.04. The van der Waals surface area contributed by atoms with Gasteiger partial charge >= 0.3 is 5.97 Å². The van der Waals surface area contributed by atoms with Crippen LogP contribution >= 0.6 is 46.0 Å². The number of aryl methyl sites for hydroxylation is 2. The molecule has 0 radical (unpaired) electrons. The van der Waals surface area contributed by atoms with E-state index in [9.17, 15) is 14.4 Å². The van der Waals surface area contributed by atoms with Gasteiger partial charge in [0.2, 0.25) is 0 Å². The van der Waals surface area contributed by atoms with Crippen LogP contribution in [0.1, 0.15) is 46.3 Å². The Bertz CT molecular complexity index is 1840. The van der Waals surface area contributed by atoms with E-state index in [1.165, 1.54) is 35.1 Å². The second-order valence-electron chi connectivity index (χ2n) is 10.7. The number of benzene rings is 2. The molecule has 15 heteroatoms. The van der Waals surface area contributed by atoms with Crippen molar-refractivity contribution in [2.45, 2.75) is 49.2 Å². The number of nitrogen functional groups attached to an aromatic ring is 1. The minimum atomic E-state index is -0.933. The van der Waals surface area contributed by atoms with Gasteiger partial charge in [-0.2, -0.15) is 0 Å². The molecule has 1 fully saturated rings. The second kappa shape index (κ2) is 13.9. The van der Waals surface area contributed by atoms with Crippen molar-refractivity contribution < 1.29 is 24.0 Å². The lowest BCUT2D eigenvalue weighted by atomic mass is 9.86. The van der Waals surface area contributed by atoms with Crippen LogP contribution in [0.25, 0.3) is 0 Å². The third kappa shape index (κ3) is 6.63. The molecule has 1 saturated heterocycles. The smallest absolute Gasteiger partial charge is 0.356 e. The van der Waals surface area contributed by atoms with Crippen LogP contribution in [-0.4, -0.2) is 57.6 Å². The van der Waals surface area contributed by atoms with E-state index in [-0.39, 0.29) is 26.6 Å². The van der Waals surface area contributed by atoms with E-state index in [1.807, 2.05) is 74.5 Å². The van der Waals surface area contributed by atoms with Crippen LogP contribution in [0.2, 0.25) is 4.34 Å². The van der Waals surface area contributed by atoms with Crippen molar-refractivity contribution in [3.63, 3.8) is 0 Å². The molecular weight excluding hydrogens is 680 g/mol. The number of nitrogens with two attached hydrogens (primary N) is 1. The summed E-state index contributed by atoms with van der Waals surface area (Å²) < 4.78 is 7.16. The van der Waals surface area contributed by atoms with Crippen molar-refractivity contribution in [2.24, 2.45) is 5.16 Å². The van der Waals surface area contributed by atoms with E-state index < -0.39 is 36.0 Å². The Morgan fingerprint density at radius 1 is 1.09 bits per heavy atom. The third-order valence-electron chi connectivity index (χ3n) is 7.75. The molecule has 0 aliphatic carbocycles. The zero-order chi connectivity index (χ0) is 33.2. The molecule has 2 atom stereocenters. The number of β-lactam (4-membered cyclic amide) rings is 1. The summed E-state index contributed by atoms with van der Waals surface area (Å²) >= 11 is 10.1. The predicted molar refractivity (Wildman–Crippen MR) is 182 cm³/mol. The second-order valence-corrected chi connectivity index (χ2v) is 14.8. The van der Waals surface area contributed by atoms with Crippen LogP contribution in [0.4, 0.5) is 5.13 Å². The molecule has 4 heterocycles. The molecular formula is C32H29ClN6O5S3.